The highest BCUT2D eigenvalue weighted by molar-refractivity contribution is 5.88. The molecule has 1 fully saturated rings. The molecule has 0 N–H and O–H groups in total. The molecule has 0 aromatic heterocycles. The van der Waals surface area contributed by atoms with E-state index in [0.29, 0.717) is 19.4 Å². The summed E-state index contributed by atoms with van der Waals surface area (Å²) in [6, 6.07) is 8.23. The van der Waals surface area contributed by atoms with Gasteiger partial charge in [0, 0.05) is 13.0 Å². The Morgan fingerprint density at radius 1 is 1.21 bits per heavy atom. The van der Waals surface area contributed by atoms with E-state index in [1.165, 1.54) is 5.56 Å². The molecular weight excluding hydrogens is 238 g/mol. The van der Waals surface area contributed by atoms with E-state index < -0.39 is 0 Å². The molecule has 1 heterocycles. The highest BCUT2D eigenvalue weighted by atomic mass is 16.2. The molecule has 0 atom stereocenters. The minimum Gasteiger partial charge on any atom is -0.335 e. The predicted octanol–water partition coefficient (Wildman–Crippen LogP) is 2.37. The van der Waals surface area contributed by atoms with Crippen molar-refractivity contribution >= 4 is 11.7 Å². The maximum Gasteiger partial charge on any atom is 0.227 e. The van der Waals surface area contributed by atoms with E-state index in [9.17, 15) is 9.59 Å². The molecule has 1 aromatic rings. The van der Waals surface area contributed by atoms with Gasteiger partial charge < -0.3 is 4.90 Å². The quantitative estimate of drug-likeness (QED) is 0.832. The molecule has 0 unspecified atom stereocenters. The van der Waals surface area contributed by atoms with Crippen LogP contribution in [-0.2, 0) is 22.4 Å². The van der Waals surface area contributed by atoms with Crippen molar-refractivity contribution < 1.29 is 9.59 Å². The molecule has 2 rings (SSSR count). The summed E-state index contributed by atoms with van der Waals surface area (Å²) in [6.45, 7) is 3.18. The van der Waals surface area contributed by atoms with Gasteiger partial charge in [0.2, 0.25) is 5.91 Å². The summed E-state index contributed by atoms with van der Waals surface area (Å²) in [5.41, 5.74) is 2.34. The van der Waals surface area contributed by atoms with E-state index in [0.717, 1.165) is 31.4 Å². The minimum absolute atomic E-state index is 0.0660. The molecule has 3 nitrogen and oxygen atoms in total. The summed E-state index contributed by atoms with van der Waals surface area (Å²) in [5, 5.41) is 0. The van der Waals surface area contributed by atoms with Crippen LogP contribution in [-0.4, -0.2) is 29.7 Å². The van der Waals surface area contributed by atoms with Crippen molar-refractivity contribution in [3.8, 4) is 0 Å². The number of aryl methyl sites for hydroxylation is 1. The number of rotatable bonds is 4. The van der Waals surface area contributed by atoms with Gasteiger partial charge in [-0.05, 0) is 24.0 Å². The molecule has 1 aliphatic rings. The highest BCUT2D eigenvalue weighted by Gasteiger charge is 2.21. The molecule has 1 aromatic carbocycles. The molecule has 1 amide bonds. The molecule has 3 heteroatoms. The van der Waals surface area contributed by atoms with Crippen LogP contribution in [0.5, 0.6) is 0 Å². The van der Waals surface area contributed by atoms with E-state index in [1.807, 2.05) is 12.1 Å². The number of benzene rings is 1. The van der Waals surface area contributed by atoms with Crippen LogP contribution in [0.25, 0.3) is 0 Å². The Morgan fingerprint density at radius 2 is 1.89 bits per heavy atom. The van der Waals surface area contributed by atoms with Gasteiger partial charge >= 0.3 is 0 Å². The number of amides is 1. The Kier molecular flexibility index (Phi) is 4.72. The van der Waals surface area contributed by atoms with Crippen molar-refractivity contribution in [3.63, 3.8) is 0 Å². The predicted molar refractivity (Wildman–Crippen MR) is 75.0 cm³/mol. The molecule has 0 bridgehead atoms. The lowest BCUT2D eigenvalue weighted by atomic mass is 10.0. The first-order chi connectivity index (χ1) is 9.19. The summed E-state index contributed by atoms with van der Waals surface area (Å²) in [6.07, 6.45) is 4.04. The number of ketones is 1. The Bertz CT molecular complexity index is 450. The van der Waals surface area contributed by atoms with Crippen LogP contribution in [0.15, 0.2) is 24.3 Å². The smallest absolute Gasteiger partial charge is 0.227 e. The van der Waals surface area contributed by atoms with Gasteiger partial charge in [-0.1, -0.05) is 37.6 Å². The van der Waals surface area contributed by atoms with Gasteiger partial charge in [-0.25, -0.2) is 0 Å². The van der Waals surface area contributed by atoms with Crippen LogP contribution in [0.4, 0.5) is 0 Å². The summed E-state index contributed by atoms with van der Waals surface area (Å²) >= 11 is 0. The third kappa shape index (κ3) is 3.91. The SMILES string of the molecule is CCCc1ccc(CC(=O)N2CCCC(=O)C2)cc1. The molecular formula is C16H21NO2. The summed E-state index contributed by atoms with van der Waals surface area (Å²) in [5.74, 6) is 0.245. The molecule has 102 valence electrons. The van der Waals surface area contributed by atoms with Crippen molar-refractivity contribution in [2.24, 2.45) is 0 Å². The van der Waals surface area contributed by atoms with Crippen LogP contribution < -0.4 is 0 Å². The number of carbonyl (C=O) groups is 2. The Labute approximate surface area is 114 Å². The van der Waals surface area contributed by atoms with Gasteiger partial charge in [0.05, 0.1) is 13.0 Å². The second-order valence-corrected chi connectivity index (χ2v) is 5.20. The summed E-state index contributed by atoms with van der Waals surface area (Å²) < 4.78 is 0. The van der Waals surface area contributed by atoms with Crippen LogP contribution in [0.2, 0.25) is 0 Å². The number of carbonyl (C=O) groups excluding carboxylic acids is 2. The number of piperidine rings is 1. The van der Waals surface area contributed by atoms with Crippen LogP contribution in [0.3, 0.4) is 0 Å². The van der Waals surface area contributed by atoms with Crippen LogP contribution in [0, 0.1) is 0 Å². The van der Waals surface area contributed by atoms with Gasteiger partial charge in [-0.15, -0.1) is 0 Å². The normalized spacial score (nSPS) is 15.6. The molecule has 19 heavy (non-hydrogen) atoms. The van der Waals surface area contributed by atoms with Gasteiger partial charge in [0.15, 0.2) is 5.78 Å². The van der Waals surface area contributed by atoms with Crippen LogP contribution >= 0.6 is 0 Å². The molecule has 1 saturated heterocycles. The fourth-order valence-electron chi connectivity index (χ4n) is 2.45. The molecule has 0 aliphatic carbocycles. The maximum atomic E-state index is 12.1. The summed E-state index contributed by atoms with van der Waals surface area (Å²) in [4.78, 5) is 25.1. The van der Waals surface area contributed by atoms with E-state index in [-0.39, 0.29) is 11.7 Å². The van der Waals surface area contributed by atoms with Gasteiger partial charge in [0.1, 0.15) is 0 Å². The van der Waals surface area contributed by atoms with Crippen molar-refractivity contribution in [1.82, 2.24) is 4.90 Å². The average Bonchev–Trinajstić information content (AvgIpc) is 2.41. The number of hydrogen-bond acceptors (Lipinski definition) is 2. The fraction of sp³-hybridized carbons (Fsp3) is 0.500. The first kappa shape index (κ1) is 13.8. The largest absolute Gasteiger partial charge is 0.335 e. The average molecular weight is 259 g/mol. The van der Waals surface area contributed by atoms with E-state index in [4.69, 9.17) is 0 Å². The lowest BCUT2D eigenvalue weighted by molar-refractivity contribution is -0.137. The third-order valence-electron chi connectivity index (χ3n) is 3.52. The summed E-state index contributed by atoms with van der Waals surface area (Å²) in [7, 11) is 0. The number of Topliss-reactive ketones (excluding diaryl/α,β-unsaturated/α-hetero) is 1. The zero-order valence-corrected chi connectivity index (χ0v) is 11.5. The highest BCUT2D eigenvalue weighted by Crippen LogP contribution is 2.11. The topological polar surface area (TPSA) is 37.4 Å². The van der Waals surface area contributed by atoms with Gasteiger partial charge in [0.25, 0.3) is 0 Å². The number of likely N-dealkylation sites (tertiary alicyclic amines) is 1. The zero-order valence-electron chi connectivity index (χ0n) is 11.5. The van der Waals surface area contributed by atoms with Crippen molar-refractivity contribution in [2.45, 2.75) is 39.0 Å². The van der Waals surface area contributed by atoms with Gasteiger partial charge in [-0.2, -0.15) is 0 Å². The van der Waals surface area contributed by atoms with Crippen LogP contribution in [0.1, 0.15) is 37.3 Å². The monoisotopic (exact) mass is 259 g/mol. The third-order valence-corrected chi connectivity index (χ3v) is 3.52. The molecule has 1 aliphatic heterocycles. The minimum atomic E-state index is 0.0660. The fourth-order valence-corrected chi connectivity index (χ4v) is 2.45. The second kappa shape index (κ2) is 6.50. The van der Waals surface area contributed by atoms with Crippen molar-refractivity contribution in [3.05, 3.63) is 35.4 Å². The number of hydrogen-bond donors (Lipinski definition) is 0. The first-order valence-electron chi connectivity index (χ1n) is 7.06. The first-order valence-corrected chi connectivity index (χ1v) is 7.06. The second-order valence-electron chi connectivity index (χ2n) is 5.20. The standard InChI is InChI=1S/C16H21NO2/c1-2-4-13-6-8-14(9-7-13)11-16(19)17-10-3-5-15(18)12-17/h6-9H,2-5,10-12H2,1H3. The van der Waals surface area contributed by atoms with Crippen molar-refractivity contribution in [1.29, 1.82) is 0 Å². The Balaban J connectivity index is 1.92. The lowest BCUT2D eigenvalue weighted by Gasteiger charge is -2.25. The van der Waals surface area contributed by atoms with Crippen molar-refractivity contribution in [2.75, 3.05) is 13.1 Å². The zero-order chi connectivity index (χ0) is 13.7. The van der Waals surface area contributed by atoms with Gasteiger partial charge in [-0.3, -0.25) is 9.59 Å². The maximum absolute atomic E-state index is 12.1. The van der Waals surface area contributed by atoms with E-state index in [2.05, 4.69) is 19.1 Å². The number of nitrogens with zero attached hydrogens (tertiary/aromatic N) is 1. The molecule has 0 spiro atoms. The van der Waals surface area contributed by atoms with E-state index >= 15 is 0 Å². The lowest BCUT2D eigenvalue weighted by Crippen LogP contribution is -2.40. The Morgan fingerprint density at radius 3 is 2.53 bits per heavy atom. The molecule has 0 radical (unpaired) electrons. The van der Waals surface area contributed by atoms with E-state index in [1.54, 1.807) is 4.90 Å². The Hall–Kier alpha value is -1.64. The molecule has 0 saturated carbocycles.